The number of amides is 1. The lowest BCUT2D eigenvalue weighted by molar-refractivity contribution is -0.117. The average molecular weight is 244 g/mol. The fourth-order valence-electron chi connectivity index (χ4n) is 1.75. The summed E-state index contributed by atoms with van der Waals surface area (Å²) in [5.74, 6) is -4.68. The van der Waals surface area contributed by atoms with Gasteiger partial charge in [-0.3, -0.25) is 4.79 Å². The topological polar surface area (TPSA) is 41.1 Å². The van der Waals surface area contributed by atoms with Gasteiger partial charge >= 0.3 is 0 Å². The highest BCUT2D eigenvalue weighted by Gasteiger charge is 2.23. The molecule has 2 N–H and O–H groups in total. The summed E-state index contributed by atoms with van der Waals surface area (Å²) >= 11 is 0. The van der Waals surface area contributed by atoms with Crippen molar-refractivity contribution in [1.82, 2.24) is 5.32 Å². The number of carbonyl (C=O) groups excluding carboxylic acids is 1. The number of anilines is 1. The van der Waals surface area contributed by atoms with Gasteiger partial charge in [-0.1, -0.05) is 0 Å². The Bertz CT molecular complexity index is 445. The quantitative estimate of drug-likeness (QED) is 0.779. The van der Waals surface area contributed by atoms with Crippen LogP contribution in [0.2, 0.25) is 0 Å². The van der Waals surface area contributed by atoms with Crippen molar-refractivity contribution in [1.29, 1.82) is 0 Å². The SMILES string of the molecule is O=C(Nc1ccc(F)c(F)c1F)[C@H]1CCCN1. The zero-order valence-corrected chi connectivity index (χ0v) is 8.90. The van der Waals surface area contributed by atoms with Crippen LogP contribution in [0.1, 0.15) is 12.8 Å². The first-order valence-corrected chi connectivity index (χ1v) is 5.27. The van der Waals surface area contributed by atoms with Gasteiger partial charge in [0.15, 0.2) is 17.5 Å². The largest absolute Gasteiger partial charge is 0.322 e. The van der Waals surface area contributed by atoms with Crippen molar-refractivity contribution in [3.8, 4) is 0 Å². The van der Waals surface area contributed by atoms with Crippen LogP contribution in [0.25, 0.3) is 0 Å². The Labute approximate surface area is 96.0 Å². The molecule has 0 saturated carbocycles. The fraction of sp³-hybridized carbons (Fsp3) is 0.364. The predicted molar refractivity (Wildman–Crippen MR) is 56.0 cm³/mol. The van der Waals surface area contributed by atoms with E-state index in [1.807, 2.05) is 0 Å². The molecule has 1 amide bonds. The van der Waals surface area contributed by atoms with Crippen LogP contribution >= 0.6 is 0 Å². The maximum absolute atomic E-state index is 13.3. The van der Waals surface area contributed by atoms with Gasteiger partial charge in [-0.05, 0) is 31.5 Å². The van der Waals surface area contributed by atoms with Crippen LogP contribution in [0.5, 0.6) is 0 Å². The molecule has 1 aliphatic heterocycles. The lowest BCUT2D eigenvalue weighted by Gasteiger charge is -2.11. The van der Waals surface area contributed by atoms with Crippen LogP contribution in [0.4, 0.5) is 18.9 Å². The van der Waals surface area contributed by atoms with E-state index in [9.17, 15) is 18.0 Å². The van der Waals surface area contributed by atoms with Crippen LogP contribution in [0.3, 0.4) is 0 Å². The number of nitrogens with one attached hydrogen (secondary N) is 2. The van der Waals surface area contributed by atoms with Crippen molar-refractivity contribution in [2.75, 3.05) is 11.9 Å². The summed E-state index contributed by atoms with van der Waals surface area (Å²) in [6.45, 7) is 0.721. The van der Waals surface area contributed by atoms with Crippen molar-refractivity contribution in [3.05, 3.63) is 29.6 Å². The van der Waals surface area contributed by atoms with Crippen molar-refractivity contribution >= 4 is 11.6 Å². The second-order valence-electron chi connectivity index (χ2n) is 3.86. The summed E-state index contributed by atoms with van der Waals surface area (Å²) < 4.78 is 38.8. The molecular formula is C11H11F3N2O. The molecular weight excluding hydrogens is 233 g/mol. The van der Waals surface area contributed by atoms with E-state index < -0.39 is 29.4 Å². The number of halogens is 3. The predicted octanol–water partition coefficient (Wildman–Crippen LogP) is 1.79. The zero-order valence-electron chi connectivity index (χ0n) is 8.90. The maximum Gasteiger partial charge on any atom is 0.241 e. The van der Waals surface area contributed by atoms with Gasteiger partial charge in [-0.25, -0.2) is 13.2 Å². The molecule has 1 heterocycles. The van der Waals surface area contributed by atoms with Gasteiger partial charge in [0.2, 0.25) is 5.91 Å². The Morgan fingerprint density at radius 3 is 2.71 bits per heavy atom. The maximum atomic E-state index is 13.3. The number of hydrogen-bond donors (Lipinski definition) is 2. The monoisotopic (exact) mass is 244 g/mol. The van der Waals surface area contributed by atoms with Gasteiger partial charge in [0.05, 0.1) is 11.7 Å². The van der Waals surface area contributed by atoms with Crippen molar-refractivity contribution in [3.63, 3.8) is 0 Å². The van der Waals surface area contributed by atoms with Crippen LogP contribution in [0.15, 0.2) is 12.1 Å². The number of rotatable bonds is 2. The lowest BCUT2D eigenvalue weighted by atomic mass is 10.2. The third-order valence-corrected chi connectivity index (χ3v) is 2.67. The minimum Gasteiger partial charge on any atom is -0.322 e. The smallest absolute Gasteiger partial charge is 0.241 e. The average Bonchev–Trinajstić information content (AvgIpc) is 2.83. The van der Waals surface area contributed by atoms with Crippen molar-refractivity contribution in [2.24, 2.45) is 0 Å². The number of benzene rings is 1. The summed E-state index contributed by atoms with van der Waals surface area (Å²) in [7, 11) is 0. The van der Waals surface area contributed by atoms with E-state index in [-0.39, 0.29) is 5.69 Å². The minimum absolute atomic E-state index is 0.345. The van der Waals surface area contributed by atoms with Crippen LogP contribution in [-0.2, 0) is 4.79 Å². The molecule has 0 unspecified atom stereocenters. The molecule has 0 aliphatic carbocycles. The van der Waals surface area contributed by atoms with Gasteiger partial charge in [0, 0.05) is 0 Å². The van der Waals surface area contributed by atoms with Crippen molar-refractivity contribution < 1.29 is 18.0 Å². The summed E-state index contributed by atoms with van der Waals surface area (Å²) in [4.78, 5) is 11.6. The Hall–Kier alpha value is -1.56. The van der Waals surface area contributed by atoms with Gasteiger partial charge in [-0.2, -0.15) is 0 Å². The highest BCUT2D eigenvalue weighted by atomic mass is 19.2. The molecule has 0 spiro atoms. The Kier molecular flexibility index (Phi) is 3.33. The van der Waals surface area contributed by atoms with Gasteiger partial charge in [0.1, 0.15) is 0 Å². The Morgan fingerprint density at radius 2 is 2.06 bits per heavy atom. The number of hydrogen-bond acceptors (Lipinski definition) is 2. The number of carbonyl (C=O) groups is 1. The first-order valence-electron chi connectivity index (χ1n) is 5.27. The second-order valence-corrected chi connectivity index (χ2v) is 3.86. The van der Waals surface area contributed by atoms with Crippen LogP contribution < -0.4 is 10.6 Å². The third kappa shape index (κ3) is 2.41. The minimum atomic E-state index is -1.58. The molecule has 1 saturated heterocycles. The van der Waals surface area contributed by atoms with E-state index in [4.69, 9.17) is 0 Å². The molecule has 0 aromatic heterocycles. The molecule has 0 bridgehead atoms. The Morgan fingerprint density at radius 1 is 1.29 bits per heavy atom. The zero-order chi connectivity index (χ0) is 12.4. The van der Waals surface area contributed by atoms with Crippen LogP contribution in [-0.4, -0.2) is 18.5 Å². The molecule has 1 fully saturated rings. The van der Waals surface area contributed by atoms with E-state index in [0.717, 1.165) is 25.1 Å². The molecule has 3 nitrogen and oxygen atoms in total. The summed E-state index contributed by atoms with van der Waals surface area (Å²) in [5.41, 5.74) is -0.345. The van der Waals surface area contributed by atoms with E-state index in [2.05, 4.69) is 10.6 Å². The standard InChI is InChI=1S/C11H11F3N2O/c12-6-3-4-7(10(14)9(6)13)16-11(17)8-2-1-5-15-8/h3-4,8,15H,1-2,5H2,(H,16,17)/t8-/m1/s1. The molecule has 1 atom stereocenters. The van der Waals surface area contributed by atoms with Gasteiger partial charge < -0.3 is 10.6 Å². The van der Waals surface area contributed by atoms with Gasteiger partial charge in [-0.15, -0.1) is 0 Å². The van der Waals surface area contributed by atoms with E-state index in [0.29, 0.717) is 6.42 Å². The van der Waals surface area contributed by atoms with Gasteiger partial charge in [0.25, 0.3) is 0 Å². The second kappa shape index (κ2) is 4.75. The van der Waals surface area contributed by atoms with E-state index in [1.165, 1.54) is 0 Å². The Balaban J connectivity index is 2.13. The summed E-state index contributed by atoms with van der Waals surface area (Å²) in [5, 5.41) is 5.16. The lowest BCUT2D eigenvalue weighted by Crippen LogP contribution is -2.35. The molecule has 1 aromatic carbocycles. The first kappa shape index (κ1) is 11.9. The van der Waals surface area contributed by atoms with Crippen molar-refractivity contribution in [2.45, 2.75) is 18.9 Å². The highest BCUT2D eigenvalue weighted by Crippen LogP contribution is 2.20. The highest BCUT2D eigenvalue weighted by molar-refractivity contribution is 5.95. The molecule has 2 rings (SSSR count). The molecule has 92 valence electrons. The summed E-state index contributed by atoms with van der Waals surface area (Å²) in [6, 6.07) is 1.37. The molecule has 17 heavy (non-hydrogen) atoms. The normalized spacial score (nSPS) is 19.4. The fourth-order valence-corrected chi connectivity index (χ4v) is 1.75. The van der Waals surface area contributed by atoms with Crippen LogP contribution in [0, 0.1) is 17.5 Å². The molecule has 0 radical (unpaired) electrons. The molecule has 1 aromatic rings. The van der Waals surface area contributed by atoms with E-state index in [1.54, 1.807) is 0 Å². The third-order valence-electron chi connectivity index (χ3n) is 2.67. The molecule has 6 heteroatoms. The first-order chi connectivity index (χ1) is 8.09. The molecule has 1 aliphatic rings. The van der Waals surface area contributed by atoms with E-state index >= 15 is 0 Å². The summed E-state index contributed by atoms with van der Waals surface area (Å²) in [6.07, 6.45) is 1.51.